The van der Waals surface area contributed by atoms with Gasteiger partial charge >= 0.3 is 0 Å². The predicted molar refractivity (Wildman–Crippen MR) is 117 cm³/mol. The summed E-state index contributed by atoms with van der Waals surface area (Å²) in [6, 6.07) is 18.4. The highest BCUT2D eigenvalue weighted by atomic mass is 35.5. The van der Waals surface area contributed by atoms with Gasteiger partial charge in [0.15, 0.2) is 0 Å². The lowest BCUT2D eigenvalue weighted by atomic mass is 10.1. The monoisotopic (exact) mass is 418 g/mol. The highest BCUT2D eigenvalue weighted by molar-refractivity contribution is 6.30. The Morgan fingerprint density at radius 3 is 2.50 bits per heavy atom. The van der Waals surface area contributed by atoms with Gasteiger partial charge in [-0.25, -0.2) is 4.68 Å². The van der Waals surface area contributed by atoms with Gasteiger partial charge in [-0.15, -0.1) is 0 Å². The first-order valence-electron chi connectivity index (χ1n) is 9.53. The van der Waals surface area contributed by atoms with Crippen LogP contribution in [0.3, 0.4) is 0 Å². The van der Waals surface area contributed by atoms with Crippen molar-refractivity contribution in [3.63, 3.8) is 0 Å². The first-order chi connectivity index (χ1) is 14.6. The molecule has 0 aliphatic rings. The second-order valence-electron chi connectivity index (χ2n) is 6.82. The predicted octanol–water partition coefficient (Wildman–Crippen LogP) is 3.82. The largest absolute Gasteiger partial charge is 0.352 e. The van der Waals surface area contributed by atoms with E-state index >= 15 is 0 Å². The van der Waals surface area contributed by atoms with Crippen LogP contribution in [0.5, 0.6) is 0 Å². The van der Waals surface area contributed by atoms with Crippen LogP contribution >= 0.6 is 11.6 Å². The molecule has 1 N–H and O–H groups in total. The fraction of sp³-hybridized carbons (Fsp3) is 0.130. The zero-order valence-corrected chi connectivity index (χ0v) is 16.8. The first kappa shape index (κ1) is 19.8. The molecule has 0 spiro atoms. The van der Waals surface area contributed by atoms with Gasteiger partial charge in [0, 0.05) is 41.3 Å². The van der Waals surface area contributed by atoms with Crippen molar-refractivity contribution in [3.8, 4) is 11.3 Å². The molecule has 0 fully saturated rings. The Balaban J connectivity index is 1.58. The molecule has 0 aliphatic heterocycles. The number of benzene rings is 2. The van der Waals surface area contributed by atoms with Gasteiger partial charge in [-0.05, 0) is 29.8 Å². The highest BCUT2D eigenvalue weighted by Gasteiger charge is 2.13. The van der Waals surface area contributed by atoms with Crippen LogP contribution in [-0.4, -0.2) is 20.7 Å². The van der Waals surface area contributed by atoms with E-state index in [0.717, 1.165) is 16.5 Å². The average Bonchev–Trinajstić information content (AvgIpc) is 2.79. The molecule has 2 aromatic heterocycles. The van der Waals surface area contributed by atoms with Crippen molar-refractivity contribution in [3.05, 3.63) is 94.0 Å². The zero-order chi connectivity index (χ0) is 20.9. The summed E-state index contributed by atoms with van der Waals surface area (Å²) >= 11 is 6.01. The molecule has 0 aliphatic carbocycles. The van der Waals surface area contributed by atoms with Crippen molar-refractivity contribution in [1.29, 1.82) is 0 Å². The Labute approximate surface area is 178 Å². The van der Waals surface area contributed by atoms with E-state index in [1.54, 1.807) is 30.6 Å². The second kappa shape index (κ2) is 8.88. The van der Waals surface area contributed by atoms with Gasteiger partial charge in [-0.1, -0.05) is 48.0 Å². The standard InChI is InChI=1S/C23H19ClN4O2/c24-18-9-7-17(8-10-18)22-19-5-1-2-6-20(19)23(30)28(27-22)13-11-21(29)26-15-16-4-3-12-25-14-16/h1-10,12,14H,11,13,15H2,(H,26,29). The van der Waals surface area contributed by atoms with Crippen LogP contribution in [-0.2, 0) is 17.9 Å². The number of hydrogen-bond donors (Lipinski definition) is 1. The van der Waals surface area contributed by atoms with Gasteiger partial charge in [-0.2, -0.15) is 5.10 Å². The second-order valence-corrected chi connectivity index (χ2v) is 7.25. The molecule has 0 bridgehead atoms. The summed E-state index contributed by atoms with van der Waals surface area (Å²) in [6.07, 6.45) is 3.53. The molecule has 1 amide bonds. The fourth-order valence-corrected chi connectivity index (χ4v) is 3.33. The topological polar surface area (TPSA) is 76.9 Å². The van der Waals surface area contributed by atoms with E-state index in [2.05, 4.69) is 15.4 Å². The summed E-state index contributed by atoms with van der Waals surface area (Å²) in [5.74, 6) is -0.159. The van der Waals surface area contributed by atoms with Crippen molar-refractivity contribution >= 4 is 28.3 Å². The van der Waals surface area contributed by atoms with Gasteiger partial charge < -0.3 is 5.32 Å². The molecule has 150 valence electrons. The highest BCUT2D eigenvalue weighted by Crippen LogP contribution is 2.25. The summed E-state index contributed by atoms with van der Waals surface area (Å²) in [5.41, 5.74) is 2.23. The molecule has 30 heavy (non-hydrogen) atoms. The number of nitrogens with zero attached hydrogens (tertiary/aromatic N) is 3. The smallest absolute Gasteiger partial charge is 0.274 e. The Kier molecular flexibility index (Phi) is 5.86. The number of pyridine rings is 1. The Bertz CT molecular complexity index is 1240. The van der Waals surface area contributed by atoms with Crippen molar-refractivity contribution in [2.75, 3.05) is 0 Å². The fourth-order valence-electron chi connectivity index (χ4n) is 3.21. The van der Waals surface area contributed by atoms with Crippen LogP contribution in [0.15, 0.2) is 77.9 Å². The maximum Gasteiger partial charge on any atom is 0.274 e. The molecule has 0 atom stereocenters. The zero-order valence-electron chi connectivity index (χ0n) is 16.1. The molecule has 0 radical (unpaired) electrons. The third kappa shape index (κ3) is 4.39. The lowest BCUT2D eigenvalue weighted by molar-refractivity contribution is -0.121. The third-order valence-corrected chi connectivity index (χ3v) is 5.00. The number of aromatic nitrogens is 3. The van der Waals surface area contributed by atoms with Crippen LogP contribution in [0.25, 0.3) is 22.0 Å². The molecule has 0 unspecified atom stereocenters. The summed E-state index contributed by atoms with van der Waals surface area (Å²) in [5, 5.41) is 9.36. The number of carbonyl (C=O) groups excluding carboxylic acids is 1. The molecule has 0 saturated heterocycles. The lowest BCUT2D eigenvalue weighted by Gasteiger charge is -2.11. The summed E-state index contributed by atoms with van der Waals surface area (Å²) in [6.45, 7) is 0.575. The van der Waals surface area contributed by atoms with E-state index in [9.17, 15) is 9.59 Å². The maximum absolute atomic E-state index is 12.9. The van der Waals surface area contributed by atoms with Gasteiger partial charge in [0.2, 0.25) is 5.91 Å². The molecule has 2 aromatic carbocycles. The number of carbonyl (C=O) groups is 1. The van der Waals surface area contributed by atoms with E-state index in [0.29, 0.717) is 22.6 Å². The molecule has 4 rings (SSSR count). The van der Waals surface area contributed by atoms with E-state index in [-0.39, 0.29) is 24.4 Å². The van der Waals surface area contributed by atoms with E-state index < -0.39 is 0 Å². The summed E-state index contributed by atoms with van der Waals surface area (Å²) in [4.78, 5) is 29.2. The van der Waals surface area contributed by atoms with Crippen molar-refractivity contribution in [2.45, 2.75) is 19.5 Å². The number of rotatable bonds is 6. The Hall–Kier alpha value is -3.51. The quantitative estimate of drug-likeness (QED) is 0.516. The van der Waals surface area contributed by atoms with Crippen LogP contribution in [0, 0.1) is 0 Å². The van der Waals surface area contributed by atoms with Crippen LogP contribution in [0.2, 0.25) is 5.02 Å². The molecule has 0 saturated carbocycles. The van der Waals surface area contributed by atoms with Crippen LogP contribution in [0.4, 0.5) is 0 Å². The lowest BCUT2D eigenvalue weighted by Crippen LogP contribution is -2.29. The SMILES string of the molecule is O=C(CCn1nc(-c2ccc(Cl)cc2)c2ccccc2c1=O)NCc1cccnc1. The molecule has 7 heteroatoms. The van der Waals surface area contributed by atoms with Crippen molar-refractivity contribution in [2.24, 2.45) is 0 Å². The van der Waals surface area contributed by atoms with Crippen molar-refractivity contribution < 1.29 is 4.79 Å². The summed E-state index contributed by atoms with van der Waals surface area (Å²) in [7, 11) is 0. The minimum absolute atomic E-state index is 0.144. The van der Waals surface area contributed by atoms with Gasteiger partial charge in [0.25, 0.3) is 5.56 Å². The van der Waals surface area contributed by atoms with Crippen LogP contribution < -0.4 is 10.9 Å². The van der Waals surface area contributed by atoms with Gasteiger partial charge in [0.1, 0.15) is 0 Å². The number of fused-ring (bicyclic) bond motifs is 1. The van der Waals surface area contributed by atoms with E-state index in [1.807, 2.05) is 42.5 Å². The molecular formula is C23H19ClN4O2. The minimum Gasteiger partial charge on any atom is -0.352 e. The summed E-state index contributed by atoms with van der Waals surface area (Å²) < 4.78 is 1.36. The Morgan fingerprint density at radius 2 is 1.77 bits per heavy atom. The van der Waals surface area contributed by atoms with Crippen LogP contribution in [0.1, 0.15) is 12.0 Å². The molecular weight excluding hydrogens is 400 g/mol. The number of aryl methyl sites for hydroxylation is 1. The minimum atomic E-state index is -0.219. The van der Waals surface area contributed by atoms with E-state index in [1.165, 1.54) is 4.68 Å². The normalized spacial score (nSPS) is 10.8. The first-order valence-corrected chi connectivity index (χ1v) is 9.91. The van der Waals surface area contributed by atoms with Gasteiger partial charge in [-0.3, -0.25) is 14.6 Å². The van der Waals surface area contributed by atoms with Gasteiger partial charge in [0.05, 0.1) is 17.6 Å². The van der Waals surface area contributed by atoms with Crippen molar-refractivity contribution in [1.82, 2.24) is 20.1 Å². The maximum atomic E-state index is 12.9. The number of amides is 1. The average molecular weight is 419 g/mol. The number of nitrogens with one attached hydrogen (secondary N) is 1. The number of hydrogen-bond acceptors (Lipinski definition) is 4. The molecule has 4 aromatic rings. The molecule has 2 heterocycles. The number of halogens is 1. The third-order valence-electron chi connectivity index (χ3n) is 4.75. The molecule has 6 nitrogen and oxygen atoms in total. The van der Waals surface area contributed by atoms with E-state index in [4.69, 9.17) is 11.6 Å². The Morgan fingerprint density at radius 1 is 1.00 bits per heavy atom.